The van der Waals surface area contributed by atoms with Crippen LogP contribution >= 0.6 is 0 Å². The molecule has 0 bridgehead atoms. The number of halogens is 1. The molecule has 5 nitrogen and oxygen atoms in total. The van der Waals surface area contributed by atoms with E-state index < -0.39 is 17.7 Å². The number of anilines is 1. The third-order valence-electron chi connectivity index (χ3n) is 2.50. The van der Waals surface area contributed by atoms with E-state index in [2.05, 4.69) is 10.3 Å². The summed E-state index contributed by atoms with van der Waals surface area (Å²) in [5, 5.41) is 10.9. The lowest BCUT2D eigenvalue weighted by atomic mass is 10.2. The monoisotopic (exact) mass is 274 g/mol. The van der Waals surface area contributed by atoms with Crippen LogP contribution in [0.3, 0.4) is 0 Å². The summed E-state index contributed by atoms with van der Waals surface area (Å²) in [4.78, 5) is 24.8. The van der Waals surface area contributed by atoms with E-state index in [1.165, 1.54) is 18.2 Å². The second-order valence-electron chi connectivity index (χ2n) is 3.95. The lowest BCUT2D eigenvalue weighted by Gasteiger charge is -2.06. The fourth-order valence-corrected chi connectivity index (χ4v) is 1.57. The van der Waals surface area contributed by atoms with Gasteiger partial charge in [0.15, 0.2) is 0 Å². The minimum Gasteiger partial charge on any atom is -0.478 e. The first-order valence-corrected chi connectivity index (χ1v) is 5.71. The number of benzene rings is 1. The normalized spacial score (nSPS) is 10.7. The number of aliphatic carboxylic acids is 1. The second kappa shape index (κ2) is 5.83. The number of hydrogen-bond donors (Lipinski definition) is 3. The van der Waals surface area contributed by atoms with Gasteiger partial charge in [-0.25, -0.2) is 9.18 Å². The number of aromatic nitrogens is 1. The summed E-state index contributed by atoms with van der Waals surface area (Å²) >= 11 is 0. The molecule has 20 heavy (non-hydrogen) atoms. The Morgan fingerprint density at radius 3 is 2.70 bits per heavy atom. The van der Waals surface area contributed by atoms with Gasteiger partial charge in [0.2, 0.25) is 0 Å². The third kappa shape index (κ3) is 3.32. The van der Waals surface area contributed by atoms with E-state index in [1.807, 2.05) is 0 Å². The molecule has 102 valence electrons. The SMILES string of the molecule is O=C(O)C=Cc1ccc(NC(=O)c2ccc[nH]2)c(F)c1. The van der Waals surface area contributed by atoms with Crippen LogP contribution in [-0.4, -0.2) is 22.0 Å². The van der Waals surface area contributed by atoms with Crippen LogP contribution in [0.4, 0.5) is 10.1 Å². The first-order chi connectivity index (χ1) is 9.56. The van der Waals surface area contributed by atoms with Gasteiger partial charge >= 0.3 is 5.97 Å². The molecule has 6 heteroatoms. The van der Waals surface area contributed by atoms with Crippen molar-refractivity contribution in [2.75, 3.05) is 5.32 Å². The average Bonchev–Trinajstić information content (AvgIpc) is 2.93. The van der Waals surface area contributed by atoms with Gasteiger partial charge in [-0.15, -0.1) is 0 Å². The van der Waals surface area contributed by atoms with Gasteiger partial charge in [0.25, 0.3) is 5.91 Å². The minimum atomic E-state index is -1.12. The number of rotatable bonds is 4. The van der Waals surface area contributed by atoms with Crippen molar-refractivity contribution in [3.63, 3.8) is 0 Å². The molecule has 0 aliphatic carbocycles. The molecule has 0 spiro atoms. The van der Waals surface area contributed by atoms with E-state index >= 15 is 0 Å². The van der Waals surface area contributed by atoms with Crippen LogP contribution in [0.15, 0.2) is 42.6 Å². The Morgan fingerprint density at radius 2 is 2.10 bits per heavy atom. The third-order valence-corrected chi connectivity index (χ3v) is 2.50. The molecule has 0 unspecified atom stereocenters. The molecule has 3 N–H and O–H groups in total. The summed E-state index contributed by atoms with van der Waals surface area (Å²) in [6.45, 7) is 0. The zero-order chi connectivity index (χ0) is 14.5. The van der Waals surface area contributed by atoms with Crippen LogP contribution < -0.4 is 5.32 Å². The van der Waals surface area contributed by atoms with Gasteiger partial charge in [-0.05, 0) is 35.9 Å². The van der Waals surface area contributed by atoms with Gasteiger partial charge in [0.1, 0.15) is 11.5 Å². The minimum absolute atomic E-state index is 0.0251. The van der Waals surface area contributed by atoms with E-state index in [9.17, 15) is 14.0 Å². The Balaban J connectivity index is 2.14. The van der Waals surface area contributed by atoms with E-state index in [0.717, 1.165) is 12.1 Å². The molecular formula is C14H11FN2O3. The molecule has 0 saturated carbocycles. The van der Waals surface area contributed by atoms with Crippen molar-refractivity contribution in [1.82, 2.24) is 4.98 Å². The van der Waals surface area contributed by atoms with Crippen molar-refractivity contribution < 1.29 is 19.1 Å². The zero-order valence-electron chi connectivity index (χ0n) is 10.3. The largest absolute Gasteiger partial charge is 0.478 e. The molecule has 2 rings (SSSR count). The Bertz CT molecular complexity index is 663. The Labute approximate surface area is 113 Å². The summed E-state index contributed by atoms with van der Waals surface area (Å²) in [5.41, 5.74) is 0.735. The molecule has 0 radical (unpaired) electrons. The number of carboxylic acid groups (broad SMARTS) is 1. The van der Waals surface area contributed by atoms with Crippen LogP contribution in [0.1, 0.15) is 16.1 Å². The Kier molecular flexibility index (Phi) is 3.95. The summed E-state index contributed by atoms with van der Waals surface area (Å²) in [6.07, 6.45) is 3.76. The average molecular weight is 274 g/mol. The van der Waals surface area contributed by atoms with E-state index in [0.29, 0.717) is 11.3 Å². The highest BCUT2D eigenvalue weighted by Crippen LogP contribution is 2.17. The predicted molar refractivity (Wildman–Crippen MR) is 71.8 cm³/mol. The van der Waals surface area contributed by atoms with Crippen molar-refractivity contribution in [1.29, 1.82) is 0 Å². The van der Waals surface area contributed by atoms with Crippen LogP contribution in [0.25, 0.3) is 6.08 Å². The first-order valence-electron chi connectivity index (χ1n) is 5.71. The maximum absolute atomic E-state index is 13.8. The summed E-state index contributed by atoms with van der Waals surface area (Å²) < 4.78 is 13.8. The lowest BCUT2D eigenvalue weighted by molar-refractivity contribution is -0.131. The summed E-state index contributed by atoms with van der Waals surface area (Å²) in [5.74, 6) is -2.21. The fraction of sp³-hybridized carbons (Fsp3) is 0. The van der Waals surface area contributed by atoms with E-state index in [-0.39, 0.29) is 5.69 Å². The number of carbonyl (C=O) groups is 2. The molecule has 1 heterocycles. The van der Waals surface area contributed by atoms with E-state index in [1.54, 1.807) is 18.3 Å². The number of aromatic amines is 1. The van der Waals surface area contributed by atoms with Crippen molar-refractivity contribution in [2.24, 2.45) is 0 Å². The molecule has 2 aromatic rings. The molecule has 1 aromatic heterocycles. The van der Waals surface area contributed by atoms with Gasteiger partial charge < -0.3 is 15.4 Å². The highest BCUT2D eigenvalue weighted by Gasteiger charge is 2.09. The van der Waals surface area contributed by atoms with Gasteiger partial charge in [-0.1, -0.05) is 6.07 Å². The quantitative estimate of drug-likeness (QED) is 0.749. The van der Waals surface area contributed by atoms with Crippen molar-refractivity contribution in [3.8, 4) is 0 Å². The van der Waals surface area contributed by atoms with Crippen LogP contribution in [0, 0.1) is 5.82 Å². The molecular weight excluding hydrogens is 263 g/mol. The van der Waals surface area contributed by atoms with Gasteiger partial charge in [-0.3, -0.25) is 4.79 Å². The van der Waals surface area contributed by atoms with Crippen LogP contribution in [0.2, 0.25) is 0 Å². The van der Waals surface area contributed by atoms with Gasteiger partial charge in [-0.2, -0.15) is 0 Å². The van der Waals surface area contributed by atoms with Crippen molar-refractivity contribution >= 4 is 23.6 Å². The standard InChI is InChI=1S/C14H11FN2O3/c15-10-8-9(4-6-13(18)19)3-5-11(10)17-14(20)12-2-1-7-16-12/h1-8,16H,(H,17,20)(H,18,19). The second-order valence-corrected chi connectivity index (χ2v) is 3.95. The number of amides is 1. The van der Waals surface area contributed by atoms with Crippen molar-refractivity contribution in [2.45, 2.75) is 0 Å². The molecule has 0 aliphatic rings. The van der Waals surface area contributed by atoms with E-state index in [4.69, 9.17) is 5.11 Å². The molecule has 0 fully saturated rings. The van der Waals surface area contributed by atoms with Crippen molar-refractivity contribution in [3.05, 3.63) is 59.7 Å². The molecule has 1 amide bonds. The van der Waals surface area contributed by atoms with Gasteiger partial charge in [0.05, 0.1) is 5.69 Å². The van der Waals surface area contributed by atoms with Crippen LogP contribution in [0.5, 0.6) is 0 Å². The van der Waals surface area contributed by atoms with Crippen LogP contribution in [-0.2, 0) is 4.79 Å². The van der Waals surface area contributed by atoms with Gasteiger partial charge in [0, 0.05) is 12.3 Å². The smallest absolute Gasteiger partial charge is 0.328 e. The number of H-pyrrole nitrogens is 1. The molecule has 1 aromatic carbocycles. The highest BCUT2D eigenvalue weighted by atomic mass is 19.1. The molecule has 0 atom stereocenters. The number of carbonyl (C=O) groups excluding carboxylic acids is 1. The fourth-order valence-electron chi connectivity index (χ4n) is 1.57. The zero-order valence-corrected chi connectivity index (χ0v) is 10.3. The number of carboxylic acids is 1. The predicted octanol–water partition coefficient (Wildman–Crippen LogP) is 2.50. The highest BCUT2D eigenvalue weighted by molar-refractivity contribution is 6.03. The number of hydrogen-bond acceptors (Lipinski definition) is 2. The lowest BCUT2D eigenvalue weighted by Crippen LogP contribution is -2.13. The molecule has 0 saturated heterocycles. The maximum Gasteiger partial charge on any atom is 0.328 e. The molecule has 0 aliphatic heterocycles. The number of nitrogens with one attached hydrogen (secondary N) is 2. The summed E-state index contributed by atoms with van der Waals surface area (Å²) in [7, 11) is 0. The maximum atomic E-state index is 13.8. The summed E-state index contributed by atoms with van der Waals surface area (Å²) in [6, 6.07) is 7.25. The first kappa shape index (κ1) is 13.5. The Hall–Kier alpha value is -2.89. The Morgan fingerprint density at radius 1 is 1.30 bits per heavy atom. The topological polar surface area (TPSA) is 82.2 Å².